The number of nitrogens with zero attached hydrogens (tertiary/aromatic N) is 2. The maximum Gasteiger partial charge on any atom is 0.258 e. The molecule has 2 aromatic heterocycles. The predicted octanol–water partition coefficient (Wildman–Crippen LogP) is 2.52. The van der Waals surface area contributed by atoms with Gasteiger partial charge in [-0.2, -0.15) is 0 Å². The van der Waals surface area contributed by atoms with Crippen LogP contribution < -0.4 is 10.3 Å². The van der Waals surface area contributed by atoms with E-state index < -0.39 is 0 Å². The van der Waals surface area contributed by atoms with Crippen molar-refractivity contribution in [1.29, 1.82) is 0 Å². The molecule has 0 saturated carbocycles. The molecule has 0 unspecified atom stereocenters. The summed E-state index contributed by atoms with van der Waals surface area (Å²) in [7, 11) is 0. The number of hydrogen-bond donors (Lipinski definition) is 0. The van der Waals surface area contributed by atoms with Gasteiger partial charge >= 0.3 is 0 Å². The number of halogens is 1. The van der Waals surface area contributed by atoms with E-state index in [1.54, 1.807) is 38.3 Å². The van der Waals surface area contributed by atoms with Crippen LogP contribution in [0.4, 0.5) is 0 Å². The molecule has 94 valence electrons. The fourth-order valence-electron chi connectivity index (χ4n) is 1.57. The molecule has 5 heteroatoms. The number of ether oxygens (including phenoxy) is 1. The second kappa shape index (κ2) is 5.23. The molecule has 0 atom stereocenters. The van der Waals surface area contributed by atoms with E-state index in [1.165, 1.54) is 10.5 Å². The number of aromatic nitrogens is 2. The normalized spacial score (nSPS) is 11.8. The fraction of sp³-hybridized carbons (Fsp3) is 0.231. The molecular formula is C13H13ClN2O2. The summed E-state index contributed by atoms with van der Waals surface area (Å²) in [6.07, 6.45) is 3.42. The zero-order chi connectivity index (χ0) is 13.1. The first kappa shape index (κ1) is 12.6. The van der Waals surface area contributed by atoms with Crippen LogP contribution in [0.25, 0.3) is 5.65 Å². The summed E-state index contributed by atoms with van der Waals surface area (Å²) in [6, 6.07) is 5.01. The lowest BCUT2D eigenvalue weighted by atomic mass is 10.4. The van der Waals surface area contributed by atoms with Crippen molar-refractivity contribution in [1.82, 2.24) is 9.38 Å². The van der Waals surface area contributed by atoms with Gasteiger partial charge in [-0.05, 0) is 32.1 Å². The largest absolute Gasteiger partial charge is 0.486 e. The van der Waals surface area contributed by atoms with Crippen molar-refractivity contribution >= 4 is 17.2 Å². The van der Waals surface area contributed by atoms with Gasteiger partial charge in [0.25, 0.3) is 5.56 Å². The van der Waals surface area contributed by atoms with Gasteiger partial charge in [0.15, 0.2) is 11.4 Å². The maximum absolute atomic E-state index is 11.8. The van der Waals surface area contributed by atoms with Crippen molar-refractivity contribution in [3.63, 3.8) is 0 Å². The summed E-state index contributed by atoms with van der Waals surface area (Å²) in [4.78, 5) is 16.1. The molecule has 4 nitrogen and oxygen atoms in total. The van der Waals surface area contributed by atoms with Gasteiger partial charge in [-0.25, -0.2) is 4.98 Å². The second-order valence-corrected chi connectivity index (χ2v) is 4.50. The highest BCUT2D eigenvalue weighted by Gasteiger charge is 2.05. The van der Waals surface area contributed by atoms with Gasteiger partial charge in [0.1, 0.15) is 6.61 Å². The molecule has 18 heavy (non-hydrogen) atoms. The summed E-state index contributed by atoms with van der Waals surface area (Å²) in [5.74, 6) is 0.562. The molecule has 0 aliphatic heterocycles. The summed E-state index contributed by atoms with van der Waals surface area (Å²) >= 11 is 5.72. The van der Waals surface area contributed by atoms with E-state index >= 15 is 0 Å². The highest BCUT2D eigenvalue weighted by Crippen LogP contribution is 2.16. The van der Waals surface area contributed by atoms with Gasteiger partial charge < -0.3 is 4.74 Å². The predicted molar refractivity (Wildman–Crippen MR) is 71.3 cm³/mol. The first-order valence-corrected chi connectivity index (χ1v) is 5.90. The topological polar surface area (TPSA) is 43.6 Å². The van der Waals surface area contributed by atoms with E-state index in [0.29, 0.717) is 28.7 Å². The van der Waals surface area contributed by atoms with Crippen LogP contribution >= 0.6 is 11.6 Å². The molecule has 0 bridgehead atoms. The van der Waals surface area contributed by atoms with Crippen molar-refractivity contribution in [3.05, 3.63) is 51.6 Å². The van der Waals surface area contributed by atoms with Crippen LogP contribution in [0.3, 0.4) is 0 Å². The van der Waals surface area contributed by atoms with Crippen molar-refractivity contribution in [2.24, 2.45) is 0 Å². The zero-order valence-electron chi connectivity index (χ0n) is 10.2. The molecule has 2 heterocycles. The minimum Gasteiger partial charge on any atom is -0.486 e. The van der Waals surface area contributed by atoms with Crippen LogP contribution in [-0.2, 0) is 0 Å². The second-order valence-electron chi connectivity index (χ2n) is 3.90. The Bertz CT molecular complexity index is 658. The van der Waals surface area contributed by atoms with Crippen LogP contribution in [0.2, 0.25) is 0 Å². The molecule has 0 spiro atoms. The van der Waals surface area contributed by atoms with E-state index in [9.17, 15) is 4.79 Å². The Kier molecular flexibility index (Phi) is 3.67. The van der Waals surface area contributed by atoms with Gasteiger partial charge in [-0.1, -0.05) is 11.6 Å². The number of pyridine rings is 1. The van der Waals surface area contributed by atoms with Gasteiger partial charge in [-0.15, -0.1) is 0 Å². The molecule has 0 aliphatic carbocycles. The van der Waals surface area contributed by atoms with Crippen LogP contribution in [0.1, 0.15) is 12.6 Å². The number of aryl methyl sites for hydroxylation is 1. The average Bonchev–Trinajstić information content (AvgIpc) is 2.29. The molecule has 0 fully saturated rings. The molecule has 2 aromatic rings. The summed E-state index contributed by atoms with van der Waals surface area (Å²) in [5, 5.41) is 0.663. The van der Waals surface area contributed by atoms with E-state index in [0.717, 1.165) is 0 Å². The Morgan fingerprint density at radius 2 is 2.39 bits per heavy atom. The minimum absolute atomic E-state index is 0.119. The third kappa shape index (κ3) is 2.71. The van der Waals surface area contributed by atoms with Crippen LogP contribution in [0.5, 0.6) is 5.75 Å². The standard InChI is InChI=1S/C13H13ClN2O2/c1-9(14)5-7-18-11-4-3-6-16-12(17)8-10(2)15-13(11)16/h3-6,8H,7H2,1-2H3. The zero-order valence-corrected chi connectivity index (χ0v) is 10.9. The maximum atomic E-state index is 11.8. The van der Waals surface area contributed by atoms with Gasteiger partial charge in [0, 0.05) is 23.0 Å². The first-order valence-electron chi connectivity index (χ1n) is 5.52. The van der Waals surface area contributed by atoms with Gasteiger partial charge in [0.2, 0.25) is 0 Å². The number of fused-ring (bicyclic) bond motifs is 1. The Hall–Kier alpha value is -1.81. The molecule has 0 saturated heterocycles. The lowest BCUT2D eigenvalue weighted by Gasteiger charge is -2.08. The van der Waals surface area contributed by atoms with Crippen molar-refractivity contribution < 1.29 is 4.74 Å². The van der Waals surface area contributed by atoms with Crippen molar-refractivity contribution in [3.8, 4) is 5.75 Å². The SMILES string of the molecule is CC(Cl)=CCOc1cccn2c(=O)cc(C)nc12. The lowest BCUT2D eigenvalue weighted by Crippen LogP contribution is -2.15. The highest BCUT2D eigenvalue weighted by molar-refractivity contribution is 6.29. The number of allylic oxidation sites excluding steroid dienone is 1. The summed E-state index contributed by atoms with van der Waals surface area (Å²) in [5.41, 5.74) is 1.07. The van der Waals surface area contributed by atoms with Crippen molar-refractivity contribution in [2.45, 2.75) is 13.8 Å². The van der Waals surface area contributed by atoms with Crippen LogP contribution in [0, 0.1) is 6.92 Å². The van der Waals surface area contributed by atoms with E-state index in [4.69, 9.17) is 16.3 Å². The van der Waals surface area contributed by atoms with Crippen LogP contribution in [0.15, 0.2) is 40.3 Å². The third-order valence-corrected chi connectivity index (χ3v) is 2.54. The summed E-state index contributed by atoms with van der Waals surface area (Å²) < 4.78 is 7.01. The molecule has 0 radical (unpaired) electrons. The Morgan fingerprint density at radius 3 is 3.11 bits per heavy atom. The van der Waals surface area contributed by atoms with Crippen molar-refractivity contribution in [2.75, 3.05) is 6.61 Å². The fourth-order valence-corrected chi connectivity index (χ4v) is 1.64. The smallest absolute Gasteiger partial charge is 0.258 e. The molecule has 0 N–H and O–H groups in total. The number of hydrogen-bond acceptors (Lipinski definition) is 3. The molecule has 0 aliphatic rings. The lowest BCUT2D eigenvalue weighted by molar-refractivity contribution is 0.364. The Labute approximate surface area is 109 Å². The Morgan fingerprint density at radius 1 is 1.61 bits per heavy atom. The third-order valence-electron chi connectivity index (χ3n) is 2.39. The highest BCUT2D eigenvalue weighted by atomic mass is 35.5. The van der Waals surface area contributed by atoms with E-state index in [2.05, 4.69) is 4.98 Å². The number of rotatable bonds is 3. The van der Waals surface area contributed by atoms with Gasteiger partial charge in [0.05, 0.1) is 0 Å². The first-order chi connectivity index (χ1) is 8.58. The van der Waals surface area contributed by atoms with E-state index in [1.807, 2.05) is 0 Å². The summed E-state index contributed by atoms with van der Waals surface area (Å²) in [6.45, 7) is 3.90. The minimum atomic E-state index is -0.119. The monoisotopic (exact) mass is 264 g/mol. The Balaban J connectivity index is 2.45. The van der Waals surface area contributed by atoms with E-state index in [-0.39, 0.29) is 5.56 Å². The molecule has 2 rings (SSSR count). The molecular weight excluding hydrogens is 252 g/mol. The average molecular weight is 265 g/mol. The van der Waals surface area contributed by atoms with Crippen LogP contribution in [-0.4, -0.2) is 16.0 Å². The quantitative estimate of drug-likeness (QED) is 0.856. The molecule has 0 aromatic carbocycles. The molecule has 0 amide bonds. The van der Waals surface area contributed by atoms with Gasteiger partial charge in [-0.3, -0.25) is 9.20 Å².